The van der Waals surface area contributed by atoms with Gasteiger partial charge in [0.2, 0.25) is 0 Å². The molecule has 0 radical (unpaired) electrons. The maximum Gasteiger partial charge on any atom is 1.00 e. The van der Waals surface area contributed by atoms with Gasteiger partial charge in [0.15, 0.2) is 0 Å². The van der Waals surface area contributed by atoms with Gasteiger partial charge in [0.25, 0.3) is 0 Å². The van der Waals surface area contributed by atoms with Crippen LogP contribution >= 0.6 is 0 Å². The van der Waals surface area contributed by atoms with Crippen LogP contribution in [0.25, 0.3) is 0 Å². The first kappa shape index (κ1) is 23.2. The van der Waals surface area contributed by atoms with Gasteiger partial charge in [0, 0.05) is 10.4 Å². The van der Waals surface area contributed by atoms with Crippen molar-refractivity contribution in [2.24, 2.45) is 5.84 Å². The Hall–Kier alpha value is 0.179. The zero-order valence-corrected chi connectivity index (χ0v) is 8.32. The minimum atomic E-state index is -5.17. The number of hydrogen-bond donors (Lipinski definition) is 4. The maximum atomic E-state index is 8.74. The van der Waals surface area contributed by atoms with E-state index in [1.165, 1.54) is 0 Å². The molecule has 0 unspecified atom stereocenters. The van der Waals surface area contributed by atoms with Crippen molar-refractivity contribution in [2.45, 2.75) is 0 Å². The van der Waals surface area contributed by atoms with E-state index in [0.29, 0.717) is 0 Å². The summed E-state index contributed by atoms with van der Waals surface area (Å²) >= 11 is 0. The van der Waals surface area contributed by atoms with Crippen LogP contribution in [-0.4, -0.2) is 35.0 Å². The van der Waals surface area contributed by atoms with Gasteiger partial charge in [-0.2, -0.15) is 14.3 Å². The van der Waals surface area contributed by atoms with Crippen LogP contribution in [0.5, 0.6) is 0 Å². The Labute approximate surface area is 84.9 Å². The van der Waals surface area contributed by atoms with Crippen LogP contribution in [0.15, 0.2) is 0 Å². The average Bonchev–Trinajstić information content (AvgIpc) is 1.59. The van der Waals surface area contributed by atoms with Crippen LogP contribution in [0.4, 0.5) is 0 Å². The van der Waals surface area contributed by atoms with E-state index in [9.17, 15) is 0 Å². The molecule has 7 N–H and O–H groups in total. The Bertz CT molecular complexity index is 217. The fourth-order valence-electron chi connectivity index (χ4n) is 0. The van der Waals surface area contributed by atoms with E-state index in [4.69, 9.17) is 35.0 Å². The second kappa shape index (κ2) is 10.3. The number of rotatable bonds is 0. The third-order valence-corrected chi connectivity index (χ3v) is 0. The smallest absolute Gasteiger partial charge is 0.759 e. The second-order valence-corrected chi connectivity index (χ2v) is 2.57. The molecule has 0 atom stereocenters. The van der Waals surface area contributed by atoms with Crippen molar-refractivity contribution in [2.75, 3.05) is 0 Å². The zero-order valence-electron chi connectivity index (χ0n) is 5.75. The zero-order chi connectivity index (χ0) is 11.0. The van der Waals surface area contributed by atoms with Gasteiger partial charge in [-0.05, 0) is 0 Å². The molecule has 0 saturated heterocycles. The summed E-state index contributed by atoms with van der Waals surface area (Å²) in [6.45, 7) is 0. The third kappa shape index (κ3) is 39200. The standard InChI is InChI=1S/Cu.H4N2.2H2O4S/c;1-2;2*1-5(2,3)4/h;1-2H2;2*(H2,1,2,3,4)/q+1;;;/p-1. The first-order chi connectivity index (χ1) is 5.00. The molecular formula is H7CuN2O8S2. The van der Waals surface area contributed by atoms with Gasteiger partial charge in [0.1, 0.15) is 0 Å². The van der Waals surface area contributed by atoms with Crippen molar-refractivity contribution in [1.29, 1.82) is 0 Å². The van der Waals surface area contributed by atoms with Gasteiger partial charge in [-0.25, -0.2) is 0 Å². The molecule has 0 amide bonds. The largest absolute Gasteiger partial charge is 1.00 e. The summed E-state index contributed by atoms with van der Waals surface area (Å²) in [4.78, 5) is 0. The van der Waals surface area contributed by atoms with E-state index >= 15 is 0 Å². The van der Waals surface area contributed by atoms with Gasteiger partial charge in [-0.3, -0.25) is 23.4 Å². The topological polar surface area (TPSA) is 209 Å². The summed E-state index contributed by atoms with van der Waals surface area (Å²) in [5.74, 6) is 7.00. The van der Waals surface area contributed by atoms with Crippen LogP contribution < -0.4 is 11.7 Å². The van der Waals surface area contributed by atoms with Crippen molar-refractivity contribution in [3.8, 4) is 0 Å². The monoisotopic (exact) mass is 290 g/mol. The summed E-state index contributed by atoms with van der Waals surface area (Å²) in [5.41, 5.74) is 0. The van der Waals surface area contributed by atoms with Crippen LogP contribution in [-0.2, 0) is 37.9 Å². The predicted molar refractivity (Wildman–Crippen MR) is 31.7 cm³/mol. The molecule has 0 spiro atoms. The molecule has 0 rings (SSSR count). The van der Waals surface area contributed by atoms with E-state index in [1.807, 2.05) is 0 Å². The molecule has 0 aliphatic carbocycles. The average molecular weight is 291 g/mol. The summed E-state index contributed by atoms with van der Waals surface area (Å²) in [5, 5.41) is 0. The Kier molecular flexibility index (Phi) is 18.3. The normalized spacial score (nSPS) is 9.38. The van der Waals surface area contributed by atoms with Crippen molar-refractivity contribution in [1.82, 2.24) is 0 Å². The van der Waals surface area contributed by atoms with Crippen molar-refractivity contribution < 1.29 is 58.0 Å². The van der Waals surface area contributed by atoms with Crippen LogP contribution in [0.3, 0.4) is 0 Å². The van der Waals surface area contributed by atoms with Crippen LogP contribution in [0.2, 0.25) is 0 Å². The molecule has 0 aliphatic heterocycles. The summed E-state index contributed by atoms with van der Waals surface area (Å²) in [7, 11) is -9.83. The van der Waals surface area contributed by atoms with E-state index in [0.717, 1.165) is 0 Å². The molecule has 0 aliphatic rings. The minimum Gasteiger partial charge on any atom is -0.759 e. The van der Waals surface area contributed by atoms with Gasteiger partial charge >= 0.3 is 27.5 Å². The summed E-state index contributed by atoms with van der Waals surface area (Å²) in [6.07, 6.45) is 0. The molecule has 13 heteroatoms. The van der Waals surface area contributed by atoms with Gasteiger partial charge in [-0.15, -0.1) is 0 Å². The second-order valence-electron chi connectivity index (χ2n) is 0.856. The minimum absolute atomic E-state index is 0. The first-order valence-electron chi connectivity index (χ1n) is 1.77. The molecule has 0 aromatic heterocycles. The summed E-state index contributed by atoms with van der Waals surface area (Å²) in [6, 6.07) is 0. The van der Waals surface area contributed by atoms with Crippen molar-refractivity contribution in [3.63, 3.8) is 0 Å². The maximum absolute atomic E-state index is 8.74. The Morgan fingerprint density at radius 3 is 1.00 bits per heavy atom. The quantitative estimate of drug-likeness (QED) is 0.113. The van der Waals surface area contributed by atoms with Crippen molar-refractivity contribution >= 4 is 20.8 Å². The van der Waals surface area contributed by atoms with Gasteiger partial charge in [-0.1, -0.05) is 0 Å². The van der Waals surface area contributed by atoms with Gasteiger partial charge in [0.05, 0.1) is 0 Å². The van der Waals surface area contributed by atoms with E-state index in [1.54, 1.807) is 0 Å². The molecular weight excluding hydrogens is 284 g/mol. The Morgan fingerprint density at radius 1 is 1.00 bits per heavy atom. The fourth-order valence-corrected chi connectivity index (χ4v) is 0. The molecule has 0 bridgehead atoms. The van der Waals surface area contributed by atoms with E-state index in [2.05, 4.69) is 11.7 Å². The number of quaternary nitrogens is 1. The number of nitrogens with two attached hydrogens (primary N) is 1. The van der Waals surface area contributed by atoms with E-state index in [-0.39, 0.29) is 17.1 Å². The molecule has 88 valence electrons. The molecule has 13 heavy (non-hydrogen) atoms. The molecule has 10 nitrogen and oxygen atoms in total. The molecule has 0 saturated carbocycles. The van der Waals surface area contributed by atoms with Crippen LogP contribution in [0, 0.1) is 0 Å². The SMILES string of the molecule is N[NH3+].O=S(=O)(O)O.O=S(=O)([O-])[O-].[Cu+]. The molecule has 0 aromatic carbocycles. The first-order valence-corrected chi connectivity index (χ1v) is 4.50. The molecule has 0 fully saturated rings. The molecule has 0 heterocycles. The van der Waals surface area contributed by atoms with Crippen LogP contribution in [0.1, 0.15) is 0 Å². The Morgan fingerprint density at radius 2 is 1.00 bits per heavy atom. The fraction of sp³-hybridized carbons (Fsp3) is 0. The van der Waals surface area contributed by atoms with Gasteiger partial charge < -0.3 is 9.11 Å². The predicted octanol–water partition coefficient (Wildman–Crippen LogP) is -3.89. The summed E-state index contributed by atoms with van der Waals surface area (Å²) < 4.78 is 65.7. The Balaban J connectivity index is -0.0000000491. The third-order valence-electron chi connectivity index (χ3n) is 0. The molecule has 0 aromatic rings. The number of hydrogen-bond acceptors (Lipinski definition) is 7. The van der Waals surface area contributed by atoms with Crippen molar-refractivity contribution in [3.05, 3.63) is 0 Å². The van der Waals surface area contributed by atoms with E-state index < -0.39 is 20.8 Å².